The van der Waals surface area contributed by atoms with Crippen LogP contribution in [0, 0.1) is 11.6 Å². The molecule has 0 aliphatic rings. The monoisotopic (exact) mass is 327 g/mol. The van der Waals surface area contributed by atoms with Crippen molar-refractivity contribution in [2.45, 2.75) is 13.0 Å². The van der Waals surface area contributed by atoms with E-state index < -0.39 is 11.6 Å². The highest BCUT2D eigenvalue weighted by Crippen LogP contribution is 2.32. The van der Waals surface area contributed by atoms with Crippen molar-refractivity contribution < 1.29 is 13.5 Å². The number of hydrogen-bond donors (Lipinski definition) is 1. The maximum absolute atomic E-state index is 13.5. The highest BCUT2D eigenvalue weighted by Gasteiger charge is 2.12. The lowest BCUT2D eigenvalue weighted by atomic mass is 10.1. The first-order chi connectivity index (χ1) is 8.97. The average Bonchev–Trinajstić information content (AvgIpc) is 2.35. The minimum Gasteiger partial charge on any atom is -0.454 e. The van der Waals surface area contributed by atoms with Gasteiger partial charge in [0.25, 0.3) is 0 Å². The fourth-order valence-corrected chi connectivity index (χ4v) is 2.02. The summed E-state index contributed by atoms with van der Waals surface area (Å²) < 4.78 is 32.9. The van der Waals surface area contributed by atoms with Gasteiger partial charge in [0.1, 0.15) is 11.6 Å². The van der Waals surface area contributed by atoms with Crippen LogP contribution >= 0.6 is 15.9 Å². The number of benzene rings is 2. The molecule has 2 aromatic carbocycles. The van der Waals surface area contributed by atoms with Crippen molar-refractivity contribution in [2.75, 3.05) is 0 Å². The standard InChI is InChI=1S/C14H12BrF2NO/c1-8(18)11-6-9(15)2-5-13(11)19-14-7-10(16)3-4-12(14)17/h2-8H,18H2,1H3. The van der Waals surface area contributed by atoms with E-state index in [2.05, 4.69) is 15.9 Å². The van der Waals surface area contributed by atoms with E-state index in [-0.39, 0.29) is 11.8 Å². The summed E-state index contributed by atoms with van der Waals surface area (Å²) in [5.74, 6) is -0.942. The van der Waals surface area contributed by atoms with Gasteiger partial charge in [-0.2, -0.15) is 0 Å². The molecule has 0 aliphatic heterocycles. The summed E-state index contributed by atoms with van der Waals surface area (Å²) in [7, 11) is 0. The zero-order valence-corrected chi connectivity index (χ0v) is 11.7. The molecule has 1 unspecified atom stereocenters. The molecule has 0 saturated heterocycles. The Kier molecular flexibility index (Phi) is 4.17. The summed E-state index contributed by atoms with van der Waals surface area (Å²) in [4.78, 5) is 0. The fraction of sp³-hybridized carbons (Fsp3) is 0.143. The normalized spacial score (nSPS) is 12.3. The molecule has 2 aromatic rings. The van der Waals surface area contributed by atoms with Crippen LogP contribution in [-0.2, 0) is 0 Å². The van der Waals surface area contributed by atoms with Crippen LogP contribution in [0.1, 0.15) is 18.5 Å². The molecule has 0 radical (unpaired) electrons. The van der Waals surface area contributed by atoms with Crippen LogP contribution in [-0.4, -0.2) is 0 Å². The lowest BCUT2D eigenvalue weighted by Crippen LogP contribution is -2.07. The minimum absolute atomic E-state index is 0.163. The molecular weight excluding hydrogens is 316 g/mol. The second-order valence-corrected chi connectivity index (χ2v) is 5.06. The van der Waals surface area contributed by atoms with Gasteiger partial charge in [0.15, 0.2) is 11.6 Å². The quantitative estimate of drug-likeness (QED) is 0.898. The predicted octanol–water partition coefficient (Wildman–Crippen LogP) is 4.54. The molecule has 0 saturated carbocycles. The van der Waals surface area contributed by atoms with Crippen LogP contribution in [0.2, 0.25) is 0 Å². The highest BCUT2D eigenvalue weighted by atomic mass is 79.9. The van der Waals surface area contributed by atoms with Crippen LogP contribution in [0.15, 0.2) is 40.9 Å². The maximum Gasteiger partial charge on any atom is 0.165 e. The van der Waals surface area contributed by atoms with Crippen LogP contribution < -0.4 is 10.5 Å². The minimum atomic E-state index is -0.625. The zero-order chi connectivity index (χ0) is 14.0. The van der Waals surface area contributed by atoms with E-state index in [1.54, 1.807) is 25.1 Å². The van der Waals surface area contributed by atoms with Crippen molar-refractivity contribution in [3.63, 3.8) is 0 Å². The molecule has 2 rings (SSSR count). The van der Waals surface area contributed by atoms with Gasteiger partial charge in [-0.3, -0.25) is 0 Å². The summed E-state index contributed by atoms with van der Waals surface area (Å²) in [6.07, 6.45) is 0. The van der Waals surface area contributed by atoms with E-state index in [0.717, 1.165) is 22.7 Å². The molecule has 0 bridgehead atoms. The molecule has 0 heterocycles. The third-order valence-electron chi connectivity index (χ3n) is 2.58. The highest BCUT2D eigenvalue weighted by molar-refractivity contribution is 9.10. The molecular formula is C14H12BrF2NO. The van der Waals surface area contributed by atoms with E-state index in [1.165, 1.54) is 0 Å². The summed E-state index contributed by atoms with van der Waals surface area (Å²) in [6, 6.07) is 7.97. The average molecular weight is 328 g/mol. The Balaban J connectivity index is 2.40. The first kappa shape index (κ1) is 14.0. The Labute approximate surface area is 118 Å². The third kappa shape index (κ3) is 3.30. The van der Waals surface area contributed by atoms with Gasteiger partial charge in [0.05, 0.1) is 0 Å². The number of ether oxygens (including phenoxy) is 1. The van der Waals surface area contributed by atoms with Crippen molar-refractivity contribution in [1.29, 1.82) is 0 Å². The molecule has 0 fully saturated rings. The van der Waals surface area contributed by atoms with E-state index in [1.807, 2.05) is 0 Å². The molecule has 2 nitrogen and oxygen atoms in total. The van der Waals surface area contributed by atoms with Gasteiger partial charge in [0.2, 0.25) is 0 Å². The second-order valence-electron chi connectivity index (χ2n) is 4.15. The molecule has 1 atom stereocenters. The van der Waals surface area contributed by atoms with Gasteiger partial charge in [-0.25, -0.2) is 8.78 Å². The Hall–Kier alpha value is -1.46. The molecule has 0 amide bonds. The zero-order valence-electron chi connectivity index (χ0n) is 10.2. The van der Waals surface area contributed by atoms with Crippen LogP contribution in [0.25, 0.3) is 0 Å². The summed E-state index contributed by atoms with van der Waals surface area (Å²) >= 11 is 3.33. The van der Waals surface area contributed by atoms with E-state index >= 15 is 0 Å². The SMILES string of the molecule is CC(N)c1cc(Br)ccc1Oc1cc(F)ccc1F. The third-order valence-corrected chi connectivity index (χ3v) is 3.07. The smallest absolute Gasteiger partial charge is 0.165 e. The summed E-state index contributed by atoms with van der Waals surface area (Å²) in [5.41, 5.74) is 6.54. The second kappa shape index (κ2) is 5.67. The van der Waals surface area contributed by atoms with Gasteiger partial charge in [0, 0.05) is 22.1 Å². The van der Waals surface area contributed by atoms with Crippen LogP contribution in [0.5, 0.6) is 11.5 Å². The fourth-order valence-electron chi connectivity index (χ4n) is 1.64. The molecule has 5 heteroatoms. The van der Waals surface area contributed by atoms with Gasteiger partial charge in [-0.15, -0.1) is 0 Å². The first-order valence-corrected chi connectivity index (χ1v) is 6.44. The molecule has 19 heavy (non-hydrogen) atoms. The molecule has 0 spiro atoms. The van der Waals surface area contributed by atoms with Gasteiger partial charge >= 0.3 is 0 Å². The maximum atomic E-state index is 13.5. The lowest BCUT2D eigenvalue weighted by molar-refractivity contribution is 0.429. The van der Waals surface area contributed by atoms with Crippen molar-refractivity contribution in [3.8, 4) is 11.5 Å². The first-order valence-electron chi connectivity index (χ1n) is 5.65. The van der Waals surface area contributed by atoms with Crippen molar-refractivity contribution >= 4 is 15.9 Å². The summed E-state index contributed by atoms with van der Waals surface area (Å²) in [5, 5.41) is 0. The topological polar surface area (TPSA) is 35.2 Å². The number of hydrogen-bond acceptors (Lipinski definition) is 2. The van der Waals surface area contributed by atoms with Crippen LogP contribution in [0.4, 0.5) is 8.78 Å². The molecule has 2 N–H and O–H groups in total. The lowest BCUT2D eigenvalue weighted by Gasteiger charge is -2.14. The Morgan fingerprint density at radius 2 is 1.84 bits per heavy atom. The summed E-state index contributed by atoms with van der Waals surface area (Å²) in [6.45, 7) is 1.79. The Morgan fingerprint density at radius 1 is 1.11 bits per heavy atom. The number of halogens is 3. The number of rotatable bonds is 3. The molecule has 0 aromatic heterocycles. The molecule has 0 aliphatic carbocycles. The van der Waals surface area contributed by atoms with Gasteiger partial charge < -0.3 is 10.5 Å². The van der Waals surface area contributed by atoms with Gasteiger partial charge in [-0.05, 0) is 37.3 Å². The van der Waals surface area contributed by atoms with Gasteiger partial charge in [-0.1, -0.05) is 15.9 Å². The Bertz CT molecular complexity index is 602. The van der Waals surface area contributed by atoms with Crippen LogP contribution in [0.3, 0.4) is 0 Å². The van der Waals surface area contributed by atoms with E-state index in [0.29, 0.717) is 11.3 Å². The number of nitrogens with two attached hydrogens (primary N) is 1. The van der Waals surface area contributed by atoms with E-state index in [4.69, 9.17) is 10.5 Å². The predicted molar refractivity (Wildman–Crippen MR) is 73.2 cm³/mol. The van der Waals surface area contributed by atoms with Crippen molar-refractivity contribution in [1.82, 2.24) is 0 Å². The largest absolute Gasteiger partial charge is 0.454 e. The van der Waals surface area contributed by atoms with Crippen molar-refractivity contribution in [2.24, 2.45) is 5.73 Å². The van der Waals surface area contributed by atoms with E-state index in [9.17, 15) is 8.78 Å². The molecule has 100 valence electrons. The Morgan fingerprint density at radius 3 is 2.53 bits per heavy atom. The van der Waals surface area contributed by atoms with Crippen molar-refractivity contribution in [3.05, 3.63) is 58.1 Å².